The lowest BCUT2D eigenvalue weighted by Crippen LogP contribution is -1.93. The van der Waals surface area contributed by atoms with Crippen molar-refractivity contribution in [3.05, 3.63) is 104 Å². The van der Waals surface area contributed by atoms with E-state index in [-0.39, 0.29) is 0 Å². The Labute approximate surface area is 173 Å². The molecule has 4 aromatic carbocycles. The highest BCUT2D eigenvalue weighted by molar-refractivity contribution is 6.24. The average Bonchev–Trinajstić information content (AvgIpc) is 2.84. The number of hydrogen-bond acceptors (Lipinski definition) is 3. The van der Waals surface area contributed by atoms with Crippen molar-refractivity contribution in [1.29, 1.82) is 0 Å². The molecule has 0 bridgehead atoms. The molecule has 0 saturated carbocycles. The molecule has 0 unspecified atom stereocenters. The van der Waals surface area contributed by atoms with Crippen LogP contribution in [0.4, 0.5) is 0 Å². The predicted molar refractivity (Wildman–Crippen MR) is 123 cm³/mol. The largest absolute Gasteiger partial charge is 0.264 e. The maximum atomic E-state index is 5.03. The Morgan fingerprint density at radius 2 is 1.17 bits per heavy atom. The van der Waals surface area contributed by atoms with Crippen molar-refractivity contribution in [2.45, 2.75) is 0 Å². The molecule has 3 nitrogen and oxygen atoms in total. The van der Waals surface area contributed by atoms with E-state index in [1.54, 1.807) is 6.20 Å². The molecule has 0 N–H and O–H groups in total. The van der Waals surface area contributed by atoms with Crippen molar-refractivity contribution in [2.24, 2.45) is 0 Å². The van der Waals surface area contributed by atoms with E-state index >= 15 is 0 Å². The molecule has 6 rings (SSSR count). The molecule has 0 fully saturated rings. The van der Waals surface area contributed by atoms with Gasteiger partial charge in [-0.2, -0.15) is 0 Å². The van der Waals surface area contributed by atoms with Gasteiger partial charge < -0.3 is 0 Å². The highest BCUT2D eigenvalue weighted by Crippen LogP contribution is 2.34. The van der Waals surface area contributed by atoms with Crippen LogP contribution in [0.2, 0.25) is 0 Å². The molecule has 30 heavy (non-hydrogen) atoms. The first-order chi connectivity index (χ1) is 14.9. The van der Waals surface area contributed by atoms with Crippen LogP contribution in [-0.2, 0) is 0 Å². The third kappa shape index (κ3) is 2.64. The number of pyridine rings is 1. The molecule has 0 aliphatic rings. The molecule has 0 radical (unpaired) electrons. The van der Waals surface area contributed by atoms with Gasteiger partial charge in [0, 0.05) is 40.5 Å². The van der Waals surface area contributed by atoms with Crippen molar-refractivity contribution >= 4 is 32.4 Å². The zero-order valence-corrected chi connectivity index (χ0v) is 16.2. The van der Waals surface area contributed by atoms with Gasteiger partial charge in [-0.15, -0.1) is 0 Å². The topological polar surface area (TPSA) is 38.7 Å². The molecular formula is C27H17N3. The second-order valence-electron chi connectivity index (χ2n) is 7.37. The quantitative estimate of drug-likeness (QED) is 0.314. The molecule has 6 aromatic rings. The van der Waals surface area contributed by atoms with E-state index in [1.807, 2.05) is 24.5 Å². The second kappa shape index (κ2) is 6.75. The normalized spacial score (nSPS) is 11.3. The fourth-order valence-electron chi connectivity index (χ4n) is 4.17. The molecule has 3 heteroatoms. The summed E-state index contributed by atoms with van der Waals surface area (Å²) in [7, 11) is 0. The van der Waals surface area contributed by atoms with E-state index in [9.17, 15) is 0 Å². The number of benzene rings is 4. The van der Waals surface area contributed by atoms with Gasteiger partial charge in [0.25, 0.3) is 0 Å². The molecule has 0 aliphatic carbocycles. The van der Waals surface area contributed by atoms with Gasteiger partial charge in [0.1, 0.15) is 0 Å². The molecule has 0 aliphatic heterocycles. The Bertz CT molecular complexity index is 1500. The summed E-state index contributed by atoms with van der Waals surface area (Å²) >= 11 is 0. The minimum Gasteiger partial charge on any atom is -0.264 e. The Hall–Kier alpha value is -4.11. The first-order valence-corrected chi connectivity index (χ1v) is 9.95. The summed E-state index contributed by atoms with van der Waals surface area (Å²) in [6.45, 7) is 0. The van der Waals surface area contributed by atoms with E-state index in [1.165, 1.54) is 16.2 Å². The van der Waals surface area contributed by atoms with Gasteiger partial charge in [0.05, 0.1) is 5.52 Å². The zero-order valence-electron chi connectivity index (χ0n) is 16.2. The van der Waals surface area contributed by atoms with Crippen LogP contribution in [0.3, 0.4) is 0 Å². The van der Waals surface area contributed by atoms with Crippen LogP contribution >= 0.6 is 0 Å². The number of aromatic nitrogens is 3. The maximum absolute atomic E-state index is 5.03. The molecule has 0 atom stereocenters. The predicted octanol–water partition coefficient (Wildman–Crippen LogP) is 6.67. The van der Waals surface area contributed by atoms with E-state index in [4.69, 9.17) is 9.97 Å². The lowest BCUT2D eigenvalue weighted by molar-refractivity contribution is 1.23. The van der Waals surface area contributed by atoms with Gasteiger partial charge in [-0.05, 0) is 33.9 Å². The van der Waals surface area contributed by atoms with E-state index < -0.39 is 0 Å². The molecule has 0 amide bonds. The second-order valence-corrected chi connectivity index (χ2v) is 7.37. The van der Waals surface area contributed by atoms with Crippen LogP contribution in [-0.4, -0.2) is 15.0 Å². The first-order valence-electron chi connectivity index (χ1n) is 9.95. The van der Waals surface area contributed by atoms with Crippen LogP contribution in [0, 0.1) is 0 Å². The fourth-order valence-corrected chi connectivity index (χ4v) is 4.17. The van der Waals surface area contributed by atoms with E-state index in [0.29, 0.717) is 0 Å². The molecule has 140 valence electrons. The lowest BCUT2D eigenvalue weighted by Gasteiger charge is -2.11. The van der Waals surface area contributed by atoms with Gasteiger partial charge in [0.15, 0.2) is 5.82 Å². The maximum Gasteiger partial charge on any atom is 0.159 e. The number of fused-ring (bicyclic) bond motifs is 6. The summed E-state index contributed by atoms with van der Waals surface area (Å²) in [6, 6.07) is 29.3. The Kier molecular flexibility index (Phi) is 3.78. The van der Waals surface area contributed by atoms with Crippen molar-refractivity contribution in [3.63, 3.8) is 0 Å². The summed E-state index contributed by atoms with van der Waals surface area (Å²) in [5.74, 6) is 0.730. The highest BCUT2D eigenvalue weighted by atomic mass is 14.9. The smallest absolute Gasteiger partial charge is 0.159 e. The molecule has 2 heterocycles. The number of hydrogen-bond donors (Lipinski definition) is 0. The summed E-state index contributed by atoms with van der Waals surface area (Å²) in [5, 5.41) is 5.86. The minimum absolute atomic E-state index is 0.730. The monoisotopic (exact) mass is 383 g/mol. The van der Waals surface area contributed by atoms with Crippen LogP contribution < -0.4 is 0 Å². The van der Waals surface area contributed by atoms with Crippen molar-refractivity contribution in [1.82, 2.24) is 15.0 Å². The van der Waals surface area contributed by atoms with Crippen LogP contribution in [0.5, 0.6) is 0 Å². The van der Waals surface area contributed by atoms with E-state index in [2.05, 4.69) is 77.8 Å². The summed E-state index contributed by atoms with van der Waals surface area (Å²) < 4.78 is 0. The van der Waals surface area contributed by atoms with Crippen LogP contribution in [0.25, 0.3) is 55.0 Å². The van der Waals surface area contributed by atoms with Crippen molar-refractivity contribution < 1.29 is 0 Å². The lowest BCUT2D eigenvalue weighted by atomic mass is 9.98. The Morgan fingerprint density at radius 1 is 0.500 bits per heavy atom. The van der Waals surface area contributed by atoms with Crippen LogP contribution in [0.1, 0.15) is 0 Å². The number of rotatable bonds is 2. The summed E-state index contributed by atoms with van der Waals surface area (Å²) in [5.41, 5.74) is 4.17. The van der Waals surface area contributed by atoms with Crippen molar-refractivity contribution in [3.8, 4) is 22.5 Å². The highest BCUT2D eigenvalue weighted by Gasteiger charge is 2.12. The Balaban J connectivity index is 1.61. The van der Waals surface area contributed by atoms with Gasteiger partial charge in [-0.1, -0.05) is 72.8 Å². The standard InChI is InChI=1S/C27H17N3/c1-2-12-23-21(10-1)22-11-3-4-13-24(22)26-25(23)17-29-27(30-26)19-8-5-7-18(15-19)20-9-6-14-28-16-20/h1-17H. The van der Waals surface area contributed by atoms with Gasteiger partial charge >= 0.3 is 0 Å². The third-order valence-electron chi connectivity index (χ3n) is 5.59. The average molecular weight is 383 g/mol. The SMILES string of the molecule is c1cncc(-c2cccc(-c3ncc4c5ccccc5c5ccccc5c4n3)c2)c1. The van der Waals surface area contributed by atoms with Gasteiger partial charge in [-0.3, -0.25) is 4.98 Å². The molecule has 0 saturated heterocycles. The summed E-state index contributed by atoms with van der Waals surface area (Å²) in [4.78, 5) is 14.0. The molecule has 2 aromatic heterocycles. The molecular weight excluding hydrogens is 366 g/mol. The zero-order chi connectivity index (χ0) is 19.9. The molecule has 0 spiro atoms. The van der Waals surface area contributed by atoms with Crippen molar-refractivity contribution in [2.75, 3.05) is 0 Å². The third-order valence-corrected chi connectivity index (χ3v) is 5.59. The first kappa shape index (κ1) is 16.8. The Morgan fingerprint density at radius 3 is 1.93 bits per heavy atom. The van der Waals surface area contributed by atoms with Crippen LogP contribution in [0.15, 0.2) is 104 Å². The van der Waals surface area contributed by atoms with Gasteiger partial charge in [-0.25, -0.2) is 9.97 Å². The summed E-state index contributed by atoms with van der Waals surface area (Å²) in [6.07, 6.45) is 5.62. The number of nitrogens with zero attached hydrogens (tertiary/aromatic N) is 3. The fraction of sp³-hybridized carbons (Fsp3) is 0. The van der Waals surface area contributed by atoms with E-state index in [0.717, 1.165) is 38.8 Å². The minimum atomic E-state index is 0.730. The van der Waals surface area contributed by atoms with Gasteiger partial charge in [0.2, 0.25) is 0 Å².